The third-order valence-electron chi connectivity index (χ3n) is 5.54. The molecule has 0 bridgehead atoms. The summed E-state index contributed by atoms with van der Waals surface area (Å²) in [7, 11) is 0.913. The molecule has 3 rings (SSSR count). The van der Waals surface area contributed by atoms with Crippen LogP contribution in [0.5, 0.6) is 17.2 Å². The van der Waals surface area contributed by atoms with Crippen LogP contribution in [0.15, 0.2) is 71.6 Å². The highest BCUT2D eigenvalue weighted by Crippen LogP contribution is 2.32. The summed E-state index contributed by atoms with van der Waals surface area (Å²) in [6.45, 7) is 6.15. The van der Waals surface area contributed by atoms with Gasteiger partial charge in [-0.15, -0.1) is 0 Å². The highest BCUT2D eigenvalue weighted by Gasteiger charge is 2.26. The third-order valence-corrected chi connectivity index (χ3v) is 6.89. The Labute approximate surface area is 243 Å². The highest BCUT2D eigenvalue weighted by atomic mass is 32.2. The van der Waals surface area contributed by atoms with Crippen LogP contribution in [0.25, 0.3) is 11.1 Å². The minimum atomic E-state index is -4.43. The van der Waals surface area contributed by atoms with Crippen LogP contribution in [-0.2, 0) is 10.0 Å². The molecule has 0 fully saturated rings. The fourth-order valence-corrected chi connectivity index (χ4v) is 4.69. The van der Waals surface area contributed by atoms with Crippen molar-refractivity contribution >= 4 is 22.0 Å². The van der Waals surface area contributed by atoms with Gasteiger partial charge in [-0.2, -0.15) is 0 Å². The molecule has 3 amide bonds. The van der Waals surface area contributed by atoms with Crippen molar-refractivity contribution in [3.8, 4) is 28.4 Å². The maximum Gasteiger partial charge on any atom is 0.329 e. The lowest BCUT2D eigenvalue weighted by Crippen LogP contribution is -2.48. The van der Waals surface area contributed by atoms with Crippen LogP contribution < -0.4 is 24.8 Å². The molecule has 0 aliphatic rings. The Balaban J connectivity index is 0.00000588. The van der Waals surface area contributed by atoms with E-state index in [0.717, 1.165) is 16.9 Å². The van der Waals surface area contributed by atoms with Crippen LogP contribution in [0.1, 0.15) is 38.6 Å². The van der Waals surface area contributed by atoms with Crippen LogP contribution in [0.3, 0.4) is 0 Å². The third kappa shape index (κ3) is 9.80. The predicted molar refractivity (Wildman–Crippen MR) is 161 cm³/mol. The van der Waals surface area contributed by atoms with Gasteiger partial charge in [0.2, 0.25) is 0 Å². The number of nitrogens with zero attached hydrogens (tertiary/aromatic N) is 1. The molecular formula is C30H40N4O6S. The van der Waals surface area contributed by atoms with Gasteiger partial charge in [-0.05, 0) is 88.5 Å². The van der Waals surface area contributed by atoms with E-state index in [2.05, 4.69) is 10.6 Å². The smallest absolute Gasteiger partial charge is 0.329 e. The van der Waals surface area contributed by atoms with Gasteiger partial charge in [0.05, 0.1) is 7.11 Å². The van der Waals surface area contributed by atoms with Crippen LogP contribution >= 0.6 is 0 Å². The SMILES string of the molecule is C.COc1ccc(-c2cccc(Oc3ccc(C(=O)NCCN(C)C)cc3S(=O)(=O)NC(=O)NC(C)(C)C)c2)cc1. The number of amides is 3. The second-order valence-corrected chi connectivity index (χ2v) is 12.0. The van der Waals surface area contributed by atoms with E-state index < -0.39 is 27.5 Å². The Morgan fingerprint density at radius 1 is 0.902 bits per heavy atom. The number of urea groups is 1. The number of nitrogens with one attached hydrogen (secondary N) is 3. The van der Waals surface area contributed by atoms with Crippen molar-refractivity contribution in [3.05, 3.63) is 72.3 Å². The van der Waals surface area contributed by atoms with Crippen molar-refractivity contribution in [2.24, 2.45) is 0 Å². The largest absolute Gasteiger partial charge is 0.497 e. The lowest BCUT2D eigenvalue weighted by Gasteiger charge is -2.21. The van der Waals surface area contributed by atoms with Crippen LogP contribution in [0, 0.1) is 0 Å². The van der Waals surface area contributed by atoms with E-state index in [1.165, 1.54) is 18.2 Å². The summed E-state index contributed by atoms with van der Waals surface area (Å²) in [6.07, 6.45) is 0. The van der Waals surface area contributed by atoms with Gasteiger partial charge in [-0.1, -0.05) is 31.7 Å². The quantitative estimate of drug-likeness (QED) is 0.310. The van der Waals surface area contributed by atoms with Crippen molar-refractivity contribution in [1.82, 2.24) is 20.3 Å². The van der Waals surface area contributed by atoms with Gasteiger partial charge in [0, 0.05) is 24.2 Å². The highest BCUT2D eigenvalue weighted by molar-refractivity contribution is 7.90. The first-order chi connectivity index (χ1) is 18.8. The van der Waals surface area contributed by atoms with Crippen molar-refractivity contribution in [2.45, 2.75) is 38.6 Å². The number of likely N-dealkylation sites (N-methyl/N-ethyl adjacent to an activating group) is 1. The number of carbonyl (C=O) groups excluding carboxylic acids is 2. The number of carbonyl (C=O) groups is 2. The van der Waals surface area contributed by atoms with Crippen LogP contribution in [0.2, 0.25) is 0 Å². The lowest BCUT2D eigenvalue weighted by atomic mass is 10.1. The number of hydrogen-bond acceptors (Lipinski definition) is 7. The van der Waals surface area contributed by atoms with Gasteiger partial charge < -0.3 is 25.0 Å². The van der Waals surface area contributed by atoms with Crippen molar-refractivity contribution < 1.29 is 27.5 Å². The summed E-state index contributed by atoms with van der Waals surface area (Å²) in [5.74, 6) is 0.588. The zero-order chi connectivity index (χ0) is 29.5. The van der Waals surface area contributed by atoms with Gasteiger partial charge in [-0.3, -0.25) is 4.79 Å². The molecule has 0 spiro atoms. The van der Waals surface area contributed by atoms with Crippen molar-refractivity contribution in [3.63, 3.8) is 0 Å². The molecule has 3 N–H and O–H groups in total. The zero-order valence-electron chi connectivity index (χ0n) is 23.6. The first-order valence-corrected chi connectivity index (χ1v) is 14.1. The number of sulfonamides is 1. The molecule has 0 saturated heterocycles. The maximum absolute atomic E-state index is 13.4. The Bertz CT molecular complexity index is 1450. The molecule has 0 aliphatic heterocycles. The molecule has 0 aliphatic carbocycles. The second kappa shape index (κ2) is 14.0. The number of rotatable bonds is 10. The molecule has 3 aromatic carbocycles. The molecule has 0 unspecified atom stereocenters. The van der Waals surface area contributed by atoms with Crippen molar-refractivity contribution in [1.29, 1.82) is 0 Å². The lowest BCUT2D eigenvalue weighted by molar-refractivity contribution is 0.0950. The van der Waals surface area contributed by atoms with Crippen molar-refractivity contribution in [2.75, 3.05) is 34.3 Å². The summed E-state index contributed by atoms with van der Waals surface area (Å²) < 4.78 is 40.0. The summed E-state index contributed by atoms with van der Waals surface area (Å²) in [4.78, 5) is 26.8. The van der Waals surface area contributed by atoms with Crippen LogP contribution in [0.4, 0.5) is 4.79 Å². The molecular weight excluding hydrogens is 544 g/mol. The molecule has 0 radical (unpaired) electrons. The molecule has 0 saturated carbocycles. The minimum absolute atomic E-state index is 0. The average Bonchev–Trinajstić information content (AvgIpc) is 2.87. The number of hydrogen-bond donors (Lipinski definition) is 3. The molecule has 3 aromatic rings. The standard InChI is InChI=1S/C29H36N4O6S.CH4/c1-29(2,3)31-28(35)32-40(36,37)26-19-22(27(34)30-16-17-33(4)5)12-15-25(26)39-24-9-7-8-21(18-24)20-10-13-23(38-6)14-11-20;/h7-15,18-19H,16-17H2,1-6H3,(H,30,34)(H2,31,32,35);1H4. The van der Waals surface area contributed by atoms with E-state index >= 15 is 0 Å². The molecule has 10 nitrogen and oxygen atoms in total. The second-order valence-electron chi connectivity index (χ2n) is 10.4. The monoisotopic (exact) mass is 584 g/mol. The van der Waals surface area contributed by atoms with E-state index in [-0.39, 0.29) is 23.6 Å². The summed E-state index contributed by atoms with van der Waals surface area (Å²) in [6, 6.07) is 17.8. The first kappa shape index (κ1) is 33.1. The minimum Gasteiger partial charge on any atom is -0.497 e. The summed E-state index contributed by atoms with van der Waals surface area (Å²) in [5, 5.41) is 5.32. The van der Waals surface area contributed by atoms with E-state index in [0.29, 0.717) is 18.8 Å². The predicted octanol–water partition coefficient (Wildman–Crippen LogP) is 4.87. The van der Waals surface area contributed by atoms with E-state index in [1.807, 2.05) is 54.0 Å². The van der Waals surface area contributed by atoms with Gasteiger partial charge in [0.15, 0.2) is 0 Å². The molecule has 11 heteroatoms. The zero-order valence-corrected chi connectivity index (χ0v) is 24.4. The fourth-order valence-electron chi connectivity index (χ4n) is 3.63. The molecule has 222 valence electrons. The van der Waals surface area contributed by atoms with Gasteiger partial charge in [0.25, 0.3) is 15.9 Å². The number of ether oxygens (including phenoxy) is 2. The number of methoxy groups -OCH3 is 1. The first-order valence-electron chi connectivity index (χ1n) is 12.6. The fraction of sp³-hybridized carbons (Fsp3) is 0.333. The Hall–Kier alpha value is -4.09. The van der Waals surface area contributed by atoms with Gasteiger partial charge in [0.1, 0.15) is 22.1 Å². The average molecular weight is 585 g/mol. The Morgan fingerprint density at radius 2 is 1.59 bits per heavy atom. The van der Waals surface area contributed by atoms with E-state index in [9.17, 15) is 18.0 Å². The topological polar surface area (TPSA) is 126 Å². The van der Waals surface area contributed by atoms with Gasteiger partial charge >= 0.3 is 6.03 Å². The molecule has 0 heterocycles. The Morgan fingerprint density at radius 3 is 2.20 bits per heavy atom. The number of benzene rings is 3. The van der Waals surface area contributed by atoms with Gasteiger partial charge in [-0.25, -0.2) is 17.9 Å². The molecule has 0 atom stereocenters. The maximum atomic E-state index is 13.4. The molecule has 0 aromatic heterocycles. The van der Waals surface area contributed by atoms with E-state index in [1.54, 1.807) is 46.1 Å². The molecule has 41 heavy (non-hydrogen) atoms. The van der Waals surface area contributed by atoms with Crippen LogP contribution in [-0.4, -0.2) is 65.1 Å². The summed E-state index contributed by atoms with van der Waals surface area (Å²) in [5.41, 5.74) is 1.18. The normalized spacial score (nSPS) is 11.3. The summed E-state index contributed by atoms with van der Waals surface area (Å²) >= 11 is 0. The van der Waals surface area contributed by atoms with E-state index in [4.69, 9.17) is 9.47 Å². The Kier molecular flexibility index (Phi) is 11.3.